The number of aromatic nitrogens is 1. The predicted octanol–water partition coefficient (Wildman–Crippen LogP) is 2.84. The SMILES string of the molecule is Cc1nc(N2CC(C)OC(C)C2)ccc1C1(N)CCC2(CC1)CC(N)C2. The Labute approximate surface area is 157 Å². The normalized spacial score (nSPS) is 40.5. The van der Waals surface area contributed by atoms with Gasteiger partial charge in [0.2, 0.25) is 0 Å². The molecule has 2 atom stereocenters. The zero-order valence-corrected chi connectivity index (χ0v) is 16.5. The van der Waals surface area contributed by atoms with Crippen LogP contribution in [-0.4, -0.2) is 36.3 Å². The lowest BCUT2D eigenvalue weighted by Gasteiger charge is -2.53. The van der Waals surface area contributed by atoms with Gasteiger partial charge in [-0.05, 0) is 76.3 Å². The van der Waals surface area contributed by atoms with E-state index in [1.165, 1.54) is 31.2 Å². The number of rotatable bonds is 2. The maximum Gasteiger partial charge on any atom is 0.128 e. The summed E-state index contributed by atoms with van der Waals surface area (Å²) in [5.41, 5.74) is 15.5. The Morgan fingerprint density at radius 1 is 1.08 bits per heavy atom. The number of nitrogens with two attached hydrogens (primary N) is 2. The van der Waals surface area contributed by atoms with Gasteiger partial charge in [-0.25, -0.2) is 4.98 Å². The van der Waals surface area contributed by atoms with Crippen LogP contribution in [0.1, 0.15) is 63.6 Å². The van der Waals surface area contributed by atoms with E-state index in [0.717, 1.165) is 37.4 Å². The molecular formula is C21H34N4O. The Morgan fingerprint density at radius 3 is 2.23 bits per heavy atom. The largest absolute Gasteiger partial charge is 0.372 e. The van der Waals surface area contributed by atoms with Gasteiger partial charge in [0.1, 0.15) is 5.82 Å². The van der Waals surface area contributed by atoms with Gasteiger partial charge in [-0.15, -0.1) is 0 Å². The van der Waals surface area contributed by atoms with E-state index in [1.807, 2.05) is 0 Å². The molecule has 1 aromatic rings. The topological polar surface area (TPSA) is 77.4 Å². The van der Waals surface area contributed by atoms with Crippen LogP contribution in [-0.2, 0) is 10.3 Å². The Hall–Kier alpha value is -1.17. The average Bonchev–Trinajstić information content (AvgIpc) is 2.55. The number of pyridine rings is 1. The molecule has 0 aromatic carbocycles. The summed E-state index contributed by atoms with van der Waals surface area (Å²) in [6, 6.07) is 4.81. The highest BCUT2D eigenvalue weighted by atomic mass is 16.5. The van der Waals surface area contributed by atoms with Gasteiger partial charge in [-0.2, -0.15) is 0 Å². The van der Waals surface area contributed by atoms with Crippen LogP contribution in [0.3, 0.4) is 0 Å². The van der Waals surface area contributed by atoms with Crippen molar-refractivity contribution in [2.24, 2.45) is 16.9 Å². The Morgan fingerprint density at radius 2 is 1.69 bits per heavy atom. The number of morpholine rings is 1. The van der Waals surface area contributed by atoms with Gasteiger partial charge in [-0.1, -0.05) is 6.07 Å². The smallest absolute Gasteiger partial charge is 0.128 e. The fourth-order valence-corrected chi connectivity index (χ4v) is 5.57. The summed E-state index contributed by atoms with van der Waals surface area (Å²) < 4.78 is 5.85. The Balaban J connectivity index is 1.49. The highest BCUT2D eigenvalue weighted by Gasteiger charge is 2.48. The van der Waals surface area contributed by atoms with E-state index in [9.17, 15) is 0 Å². The molecule has 5 heteroatoms. The molecule has 1 spiro atoms. The molecule has 0 radical (unpaired) electrons. The quantitative estimate of drug-likeness (QED) is 0.850. The van der Waals surface area contributed by atoms with E-state index >= 15 is 0 Å². The number of aryl methyl sites for hydroxylation is 1. The van der Waals surface area contributed by atoms with Crippen molar-refractivity contribution in [1.82, 2.24) is 4.98 Å². The number of ether oxygens (including phenoxy) is 1. The fourth-order valence-electron chi connectivity index (χ4n) is 5.57. The summed E-state index contributed by atoms with van der Waals surface area (Å²) in [5.74, 6) is 1.05. The molecule has 5 nitrogen and oxygen atoms in total. The summed E-state index contributed by atoms with van der Waals surface area (Å²) in [6.07, 6.45) is 7.36. The highest BCUT2D eigenvalue weighted by Crippen LogP contribution is 2.54. The van der Waals surface area contributed by atoms with Crippen LogP contribution in [0.5, 0.6) is 0 Å². The van der Waals surface area contributed by atoms with E-state index in [0.29, 0.717) is 11.5 Å². The molecule has 3 aliphatic rings. The zero-order valence-electron chi connectivity index (χ0n) is 16.5. The van der Waals surface area contributed by atoms with Crippen molar-refractivity contribution in [3.05, 3.63) is 23.4 Å². The molecule has 2 aliphatic carbocycles. The summed E-state index contributed by atoms with van der Waals surface area (Å²) >= 11 is 0. The molecule has 0 amide bonds. The minimum absolute atomic E-state index is 0.230. The molecule has 26 heavy (non-hydrogen) atoms. The fraction of sp³-hybridized carbons (Fsp3) is 0.762. The lowest BCUT2D eigenvalue weighted by atomic mass is 9.55. The second-order valence-electron chi connectivity index (χ2n) is 9.29. The molecule has 4 N–H and O–H groups in total. The third-order valence-electron chi connectivity index (χ3n) is 6.94. The molecule has 1 aromatic heterocycles. The molecule has 144 valence electrons. The standard InChI is InChI=1S/C21H34N4O/c1-14-12-25(13-15(2)26-14)19-5-4-18(16(3)24-19)21(23)8-6-20(7-9-21)10-17(22)11-20/h4-5,14-15,17H,6-13,22-23H2,1-3H3. The summed E-state index contributed by atoms with van der Waals surface area (Å²) in [6.45, 7) is 8.16. The molecule has 4 rings (SSSR count). The first-order chi connectivity index (χ1) is 12.3. The molecule has 1 aliphatic heterocycles. The summed E-state index contributed by atoms with van der Waals surface area (Å²) in [7, 11) is 0. The average molecular weight is 359 g/mol. The number of hydrogen-bond donors (Lipinski definition) is 2. The molecule has 2 unspecified atom stereocenters. The van der Waals surface area contributed by atoms with Gasteiger partial charge >= 0.3 is 0 Å². The van der Waals surface area contributed by atoms with Gasteiger partial charge in [0.15, 0.2) is 0 Å². The van der Waals surface area contributed by atoms with Crippen molar-refractivity contribution < 1.29 is 4.74 Å². The van der Waals surface area contributed by atoms with E-state index < -0.39 is 0 Å². The predicted molar refractivity (Wildman–Crippen MR) is 105 cm³/mol. The van der Waals surface area contributed by atoms with Crippen LogP contribution in [0, 0.1) is 12.3 Å². The zero-order chi connectivity index (χ0) is 18.5. The molecule has 2 heterocycles. The second-order valence-corrected chi connectivity index (χ2v) is 9.29. The minimum atomic E-state index is -0.230. The summed E-state index contributed by atoms with van der Waals surface area (Å²) in [5, 5.41) is 0. The maximum atomic E-state index is 6.88. The van der Waals surface area contributed by atoms with Gasteiger partial charge in [-0.3, -0.25) is 0 Å². The molecule has 2 saturated carbocycles. The monoisotopic (exact) mass is 358 g/mol. The van der Waals surface area contributed by atoms with Crippen molar-refractivity contribution >= 4 is 5.82 Å². The summed E-state index contributed by atoms with van der Waals surface area (Å²) in [4.78, 5) is 7.28. The van der Waals surface area contributed by atoms with E-state index in [4.69, 9.17) is 21.2 Å². The second kappa shape index (κ2) is 6.47. The minimum Gasteiger partial charge on any atom is -0.372 e. The lowest BCUT2D eigenvalue weighted by Crippen LogP contribution is -2.52. The maximum absolute atomic E-state index is 6.88. The van der Waals surface area contributed by atoms with E-state index in [1.54, 1.807) is 0 Å². The first-order valence-electron chi connectivity index (χ1n) is 10.2. The van der Waals surface area contributed by atoms with Crippen LogP contribution in [0.4, 0.5) is 5.82 Å². The number of hydrogen-bond acceptors (Lipinski definition) is 5. The first kappa shape index (κ1) is 18.2. The van der Waals surface area contributed by atoms with Crippen LogP contribution >= 0.6 is 0 Å². The molecule has 1 saturated heterocycles. The van der Waals surface area contributed by atoms with E-state index in [-0.39, 0.29) is 17.7 Å². The van der Waals surface area contributed by atoms with Crippen LogP contribution in [0.25, 0.3) is 0 Å². The van der Waals surface area contributed by atoms with Crippen molar-refractivity contribution in [1.29, 1.82) is 0 Å². The van der Waals surface area contributed by atoms with Gasteiger partial charge in [0.25, 0.3) is 0 Å². The molecular weight excluding hydrogens is 324 g/mol. The van der Waals surface area contributed by atoms with Gasteiger partial charge in [0, 0.05) is 30.4 Å². The third-order valence-corrected chi connectivity index (χ3v) is 6.94. The first-order valence-corrected chi connectivity index (χ1v) is 10.2. The van der Waals surface area contributed by atoms with Crippen molar-refractivity contribution in [2.45, 2.75) is 83.1 Å². The Bertz CT molecular complexity index is 650. The van der Waals surface area contributed by atoms with Crippen molar-refractivity contribution in [3.8, 4) is 0 Å². The van der Waals surface area contributed by atoms with Crippen LogP contribution < -0.4 is 16.4 Å². The van der Waals surface area contributed by atoms with Crippen LogP contribution in [0.2, 0.25) is 0 Å². The van der Waals surface area contributed by atoms with Crippen molar-refractivity contribution in [2.75, 3.05) is 18.0 Å². The van der Waals surface area contributed by atoms with Crippen LogP contribution in [0.15, 0.2) is 12.1 Å². The molecule has 3 fully saturated rings. The number of anilines is 1. The number of nitrogens with zero attached hydrogens (tertiary/aromatic N) is 2. The molecule has 0 bridgehead atoms. The van der Waals surface area contributed by atoms with Gasteiger partial charge < -0.3 is 21.1 Å². The van der Waals surface area contributed by atoms with Crippen molar-refractivity contribution in [3.63, 3.8) is 0 Å². The van der Waals surface area contributed by atoms with E-state index in [2.05, 4.69) is 37.8 Å². The third kappa shape index (κ3) is 3.25. The highest BCUT2D eigenvalue weighted by molar-refractivity contribution is 5.44. The van der Waals surface area contributed by atoms with Gasteiger partial charge in [0.05, 0.1) is 12.2 Å². The Kier molecular flexibility index (Phi) is 4.53. The lowest BCUT2D eigenvalue weighted by molar-refractivity contribution is -0.00547.